The first-order chi connectivity index (χ1) is 9.21. The lowest BCUT2D eigenvalue weighted by Gasteiger charge is -2.15. The molecular weight excluding hydrogens is 291 g/mol. The monoisotopic (exact) mass is 303 g/mol. The van der Waals surface area contributed by atoms with Crippen LogP contribution in [-0.4, -0.2) is 34.6 Å². The predicted molar refractivity (Wildman–Crippen MR) is 70.5 cm³/mol. The third kappa shape index (κ3) is 2.63. The van der Waals surface area contributed by atoms with Crippen LogP contribution in [0.1, 0.15) is 17.0 Å². The molecular formula is C13H12F3NO2S. The average Bonchev–Trinajstić information content (AvgIpc) is 2.65. The molecule has 1 aromatic carbocycles. The quantitative estimate of drug-likeness (QED) is 0.853. The Bertz CT molecular complexity index is 542. The van der Waals surface area contributed by atoms with Crippen molar-refractivity contribution in [3.63, 3.8) is 0 Å². The molecule has 0 amide bonds. The molecule has 108 valence electrons. The third-order valence-electron chi connectivity index (χ3n) is 3.45. The van der Waals surface area contributed by atoms with Gasteiger partial charge in [0.25, 0.3) is 0 Å². The minimum Gasteiger partial charge on any atom is -0.481 e. The molecule has 0 radical (unpaired) electrons. The Morgan fingerprint density at radius 2 is 1.90 bits per heavy atom. The van der Waals surface area contributed by atoms with Gasteiger partial charge in [-0.15, -0.1) is 0 Å². The zero-order valence-corrected chi connectivity index (χ0v) is 11.3. The number of benzene rings is 1. The van der Waals surface area contributed by atoms with Crippen LogP contribution in [0.5, 0.6) is 0 Å². The normalized spacial score (nSPS) is 23.2. The van der Waals surface area contributed by atoms with E-state index in [-0.39, 0.29) is 0 Å². The minimum absolute atomic E-state index is 0.308. The Kier molecular flexibility index (Phi) is 3.73. The summed E-state index contributed by atoms with van der Waals surface area (Å²) in [7, 11) is 1.68. The second-order valence-corrected chi connectivity index (χ2v) is 5.18. The molecule has 0 unspecified atom stereocenters. The molecule has 0 bridgehead atoms. The molecule has 1 aromatic rings. The van der Waals surface area contributed by atoms with Crippen molar-refractivity contribution in [3.8, 4) is 0 Å². The first-order valence-electron chi connectivity index (χ1n) is 5.86. The van der Waals surface area contributed by atoms with Gasteiger partial charge in [0.1, 0.15) is 5.92 Å². The highest BCUT2D eigenvalue weighted by Gasteiger charge is 2.41. The summed E-state index contributed by atoms with van der Waals surface area (Å²) >= 11 is 5.07. The SMILES string of the molecule is CN1C[C@H](c2ccc(C(F)(F)F)cc2)[C@@H](C(=O)O)C1=S. The summed E-state index contributed by atoms with van der Waals surface area (Å²) in [4.78, 5) is 13.2. The molecule has 20 heavy (non-hydrogen) atoms. The van der Waals surface area contributed by atoms with Gasteiger partial charge in [0.05, 0.1) is 10.6 Å². The Morgan fingerprint density at radius 1 is 1.35 bits per heavy atom. The second kappa shape index (κ2) is 5.05. The molecule has 1 fully saturated rings. The van der Waals surface area contributed by atoms with Crippen molar-refractivity contribution in [2.45, 2.75) is 12.1 Å². The van der Waals surface area contributed by atoms with Crippen LogP contribution in [0.2, 0.25) is 0 Å². The smallest absolute Gasteiger partial charge is 0.416 e. The average molecular weight is 303 g/mol. The van der Waals surface area contributed by atoms with Crippen LogP contribution < -0.4 is 0 Å². The van der Waals surface area contributed by atoms with Gasteiger partial charge in [-0.3, -0.25) is 4.79 Å². The number of carboxylic acid groups (broad SMARTS) is 1. The number of aliphatic carboxylic acids is 1. The van der Waals surface area contributed by atoms with E-state index in [0.717, 1.165) is 12.1 Å². The van der Waals surface area contributed by atoms with Crippen molar-refractivity contribution >= 4 is 23.2 Å². The maximum Gasteiger partial charge on any atom is 0.416 e. The fraction of sp³-hybridized carbons (Fsp3) is 0.385. The summed E-state index contributed by atoms with van der Waals surface area (Å²) in [6, 6.07) is 4.58. The second-order valence-electron chi connectivity index (χ2n) is 4.76. The highest BCUT2D eigenvalue weighted by molar-refractivity contribution is 7.80. The molecule has 1 N–H and O–H groups in total. The first kappa shape index (κ1) is 14.8. The molecule has 0 saturated carbocycles. The summed E-state index contributed by atoms with van der Waals surface area (Å²) < 4.78 is 37.5. The van der Waals surface area contributed by atoms with Gasteiger partial charge in [0.2, 0.25) is 0 Å². The number of rotatable bonds is 2. The van der Waals surface area contributed by atoms with E-state index in [4.69, 9.17) is 12.2 Å². The van der Waals surface area contributed by atoms with Crippen LogP contribution in [0, 0.1) is 5.92 Å². The van der Waals surface area contributed by atoms with Crippen molar-refractivity contribution in [2.24, 2.45) is 5.92 Å². The van der Waals surface area contributed by atoms with Crippen LogP contribution in [0.15, 0.2) is 24.3 Å². The highest BCUT2D eigenvalue weighted by atomic mass is 32.1. The van der Waals surface area contributed by atoms with Crippen LogP contribution in [0.3, 0.4) is 0 Å². The molecule has 0 spiro atoms. The number of carbonyl (C=O) groups is 1. The van der Waals surface area contributed by atoms with E-state index in [0.29, 0.717) is 17.1 Å². The fourth-order valence-electron chi connectivity index (χ4n) is 2.39. The Labute approximate surface area is 119 Å². The molecule has 0 aromatic heterocycles. The maximum absolute atomic E-state index is 12.5. The Balaban J connectivity index is 2.31. The number of likely N-dealkylation sites (tertiary alicyclic amines) is 1. The standard InChI is InChI=1S/C13H12F3NO2S/c1-17-6-9(10(11(17)20)12(18)19)7-2-4-8(5-3-7)13(14,15)16/h2-5,9-10H,6H2,1H3,(H,18,19)/t9-,10-/m1/s1. The molecule has 1 aliphatic rings. The third-order valence-corrected chi connectivity index (χ3v) is 4.01. The molecule has 2 rings (SSSR count). The Morgan fingerprint density at radius 3 is 2.35 bits per heavy atom. The molecule has 1 aliphatic heterocycles. The molecule has 1 heterocycles. The van der Waals surface area contributed by atoms with Gasteiger partial charge in [-0.25, -0.2) is 0 Å². The molecule has 0 aliphatic carbocycles. The number of hydrogen-bond donors (Lipinski definition) is 1. The van der Waals surface area contributed by atoms with Gasteiger partial charge in [-0.05, 0) is 17.7 Å². The number of thiocarbonyl (C=S) groups is 1. The molecule has 1 saturated heterocycles. The fourth-order valence-corrected chi connectivity index (χ4v) is 2.73. The zero-order valence-electron chi connectivity index (χ0n) is 10.5. The number of likely N-dealkylation sites (N-methyl/N-ethyl adjacent to an activating group) is 1. The summed E-state index contributed by atoms with van der Waals surface area (Å²) in [5.41, 5.74) is -0.195. The number of nitrogens with zero attached hydrogens (tertiary/aromatic N) is 1. The van der Waals surface area contributed by atoms with Gasteiger partial charge >= 0.3 is 12.1 Å². The topological polar surface area (TPSA) is 40.5 Å². The number of carboxylic acids is 1. The van der Waals surface area contributed by atoms with Crippen LogP contribution in [0.4, 0.5) is 13.2 Å². The van der Waals surface area contributed by atoms with Crippen molar-refractivity contribution < 1.29 is 23.1 Å². The number of alkyl halides is 3. The van der Waals surface area contributed by atoms with E-state index in [9.17, 15) is 23.1 Å². The maximum atomic E-state index is 12.5. The highest BCUT2D eigenvalue weighted by Crippen LogP contribution is 2.36. The minimum atomic E-state index is -4.40. The Hall–Kier alpha value is -1.63. The summed E-state index contributed by atoms with van der Waals surface area (Å²) in [6.07, 6.45) is -4.40. The largest absolute Gasteiger partial charge is 0.481 e. The van der Waals surface area contributed by atoms with Gasteiger partial charge < -0.3 is 10.0 Å². The van der Waals surface area contributed by atoms with Crippen LogP contribution >= 0.6 is 12.2 Å². The van der Waals surface area contributed by atoms with E-state index in [1.165, 1.54) is 12.1 Å². The van der Waals surface area contributed by atoms with E-state index in [1.807, 2.05) is 0 Å². The molecule has 7 heteroatoms. The summed E-state index contributed by atoms with van der Waals surface area (Å²) in [6.45, 7) is 0.390. The lowest BCUT2D eigenvalue weighted by atomic mass is 9.88. The van der Waals surface area contributed by atoms with Crippen molar-refractivity contribution in [2.75, 3.05) is 13.6 Å². The predicted octanol–water partition coefficient (Wildman–Crippen LogP) is 2.76. The number of halogens is 3. The van der Waals surface area contributed by atoms with Gasteiger partial charge in [-0.2, -0.15) is 13.2 Å². The summed E-state index contributed by atoms with van der Waals surface area (Å²) in [5, 5.41) is 9.22. The van der Waals surface area contributed by atoms with Crippen molar-refractivity contribution in [1.82, 2.24) is 4.90 Å². The van der Waals surface area contributed by atoms with E-state index in [2.05, 4.69) is 0 Å². The van der Waals surface area contributed by atoms with Gasteiger partial charge in [0.15, 0.2) is 0 Å². The van der Waals surface area contributed by atoms with Gasteiger partial charge in [0, 0.05) is 19.5 Å². The zero-order chi connectivity index (χ0) is 15.1. The summed E-state index contributed by atoms with van der Waals surface area (Å²) in [5.74, 6) is -2.34. The van der Waals surface area contributed by atoms with Crippen LogP contribution in [0.25, 0.3) is 0 Å². The lowest BCUT2D eigenvalue weighted by molar-refractivity contribution is -0.140. The van der Waals surface area contributed by atoms with E-state index < -0.39 is 29.5 Å². The van der Waals surface area contributed by atoms with E-state index >= 15 is 0 Å². The lowest BCUT2D eigenvalue weighted by Crippen LogP contribution is -2.26. The van der Waals surface area contributed by atoms with Gasteiger partial charge in [-0.1, -0.05) is 24.4 Å². The van der Waals surface area contributed by atoms with E-state index in [1.54, 1.807) is 11.9 Å². The molecule has 2 atom stereocenters. The van der Waals surface area contributed by atoms with Crippen molar-refractivity contribution in [3.05, 3.63) is 35.4 Å². The molecule has 3 nitrogen and oxygen atoms in total. The first-order valence-corrected chi connectivity index (χ1v) is 6.27. The van der Waals surface area contributed by atoms with Crippen molar-refractivity contribution in [1.29, 1.82) is 0 Å². The number of hydrogen-bond acceptors (Lipinski definition) is 2. The van der Waals surface area contributed by atoms with Crippen LogP contribution in [-0.2, 0) is 11.0 Å².